The van der Waals surface area contributed by atoms with Gasteiger partial charge in [-0.05, 0) is 56.7 Å². The number of halogens is 1. The van der Waals surface area contributed by atoms with E-state index < -0.39 is 6.17 Å². The van der Waals surface area contributed by atoms with Crippen molar-refractivity contribution in [3.05, 3.63) is 30.1 Å². The summed E-state index contributed by atoms with van der Waals surface area (Å²) in [5, 5.41) is 13.6. The zero-order valence-corrected chi connectivity index (χ0v) is 14.9. The van der Waals surface area contributed by atoms with Crippen LogP contribution < -0.4 is 5.32 Å². The molecule has 1 aromatic carbocycles. The second-order valence-electron chi connectivity index (χ2n) is 7.43. The number of rotatable bonds is 3. The number of piperidine rings is 1. The fourth-order valence-electron chi connectivity index (χ4n) is 4.25. The van der Waals surface area contributed by atoms with Crippen molar-refractivity contribution in [2.45, 2.75) is 56.8 Å². The van der Waals surface area contributed by atoms with E-state index >= 15 is 0 Å². The maximum absolute atomic E-state index is 13.3. The first kappa shape index (κ1) is 17.2. The molecule has 2 aromatic rings. The molecule has 5 nitrogen and oxygen atoms in total. The molecule has 2 heterocycles. The third-order valence-corrected chi connectivity index (χ3v) is 5.78. The van der Waals surface area contributed by atoms with Crippen LogP contribution in [-0.2, 0) is 0 Å². The number of hydrogen-bond donors (Lipinski definition) is 1. The number of anilines is 1. The average Bonchev–Trinajstić information content (AvgIpc) is 2.69. The Morgan fingerprint density at radius 2 is 1.85 bits per heavy atom. The van der Waals surface area contributed by atoms with Crippen molar-refractivity contribution >= 4 is 16.7 Å². The fraction of sp³-hybridized carbons (Fsp3) is 0.550. The van der Waals surface area contributed by atoms with Crippen LogP contribution >= 0.6 is 0 Å². The molecule has 26 heavy (non-hydrogen) atoms. The molecule has 6 heteroatoms. The molecule has 1 N–H and O–H groups in total. The maximum Gasteiger partial charge on any atom is 0.137 e. The van der Waals surface area contributed by atoms with E-state index in [1.165, 1.54) is 0 Å². The van der Waals surface area contributed by atoms with Crippen LogP contribution in [0.5, 0.6) is 0 Å². The molecule has 0 spiro atoms. The summed E-state index contributed by atoms with van der Waals surface area (Å²) in [5.41, 5.74) is 1.47. The second kappa shape index (κ2) is 7.55. The zero-order chi connectivity index (χ0) is 17.9. The minimum atomic E-state index is -0.603. The molecular weight excluding hydrogens is 329 g/mol. The standard InChI is InChI=1S/C20H24FN5/c21-15-7-9-26(10-8-15)17-4-2-16(3-5-17)25-20-18-11-14(12-22)1-6-19(18)23-13-24-20/h1,6,11,13,15-17H,2-5,7-10H2,(H,23,24,25). The molecule has 1 aliphatic heterocycles. The SMILES string of the molecule is N#Cc1ccc2ncnc(NC3CCC(N4CCC(F)CC4)CC3)c2c1. The van der Waals surface area contributed by atoms with E-state index in [2.05, 4.69) is 26.3 Å². The highest BCUT2D eigenvalue weighted by Gasteiger charge is 2.29. The molecule has 4 rings (SSSR count). The van der Waals surface area contributed by atoms with Gasteiger partial charge in [0.15, 0.2) is 0 Å². The van der Waals surface area contributed by atoms with Crippen LogP contribution in [-0.4, -0.2) is 46.2 Å². The highest BCUT2D eigenvalue weighted by atomic mass is 19.1. The van der Waals surface area contributed by atoms with Gasteiger partial charge in [0.1, 0.15) is 18.3 Å². The minimum Gasteiger partial charge on any atom is -0.367 e. The van der Waals surface area contributed by atoms with Gasteiger partial charge in [-0.1, -0.05) is 0 Å². The fourth-order valence-corrected chi connectivity index (χ4v) is 4.25. The van der Waals surface area contributed by atoms with Crippen LogP contribution in [0.15, 0.2) is 24.5 Å². The van der Waals surface area contributed by atoms with E-state index in [1.807, 2.05) is 12.1 Å². The van der Waals surface area contributed by atoms with Crippen molar-refractivity contribution in [2.75, 3.05) is 18.4 Å². The summed E-state index contributed by atoms with van der Waals surface area (Å²) in [5.74, 6) is 0.814. The van der Waals surface area contributed by atoms with Gasteiger partial charge in [-0.3, -0.25) is 0 Å². The normalized spacial score (nSPS) is 25.1. The van der Waals surface area contributed by atoms with Gasteiger partial charge in [0.05, 0.1) is 17.1 Å². The van der Waals surface area contributed by atoms with Crippen LogP contribution in [0.3, 0.4) is 0 Å². The first-order valence-corrected chi connectivity index (χ1v) is 9.52. The Morgan fingerprint density at radius 1 is 1.08 bits per heavy atom. The molecule has 0 amide bonds. The highest BCUT2D eigenvalue weighted by molar-refractivity contribution is 5.89. The van der Waals surface area contributed by atoms with E-state index in [-0.39, 0.29) is 0 Å². The molecule has 1 saturated heterocycles. The van der Waals surface area contributed by atoms with Crippen LogP contribution in [0.1, 0.15) is 44.1 Å². The topological polar surface area (TPSA) is 64.8 Å². The van der Waals surface area contributed by atoms with E-state index in [9.17, 15) is 4.39 Å². The van der Waals surface area contributed by atoms with E-state index in [4.69, 9.17) is 5.26 Å². The lowest BCUT2D eigenvalue weighted by molar-refractivity contribution is 0.0895. The van der Waals surface area contributed by atoms with Crippen molar-refractivity contribution < 1.29 is 4.39 Å². The number of nitrogens with one attached hydrogen (secondary N) is 1. The first-order chi connectivity index (χ1) is 12.7. The first-order valence-electron chi connectivity index (χ1n) is 9.52. The number of hydrogen-bond acceptors (Lipinski definition) is 5. The summed E-state index contributed by atoms with van der Waals surface area (Å²) >= 11 is 0. The number of alkyl halides is 1. The van der Waals surface area contributed by atoms with Crippen molar-refractivity contribution in [1.29, 1.82) is 5.26 Å². The molecule has 0 bridgehead atoms. The Labute approximate surface area is 153 Å². The molecule has 0 unspecified atom stereocenters. The molecular formula is C20H24FN5. The monoisotopic (exact) mass is 353 g/mol. The average molecular weight is 353 g/mol. The summed E-state index contributed by atoms with van der Waals surface area (Å²) < 4.78 is 13.3. The summed E-state index contributed by atoms with van der Waals surface area (Å²) in [6.07, 6.45) is 6.80. The molecule has 1 aromatic heterocycles. The van der Waals surface area contributed by atoms with Gasteiger partial charge in [0, 0.05) is 30.6 Å². The Balaban J connectivity index is 1.40. The van der Waals surface area contributed by atoms with Crippen molar-refractivity contribution in [2.24, 2.45) is 0 Å². The third kappa shape index (κ3) is 3.63. The molecule has 136 valence electrons. The Kier molecular flexibility index (Phi) is 4.98. The molecule has 2 aliphatic rings. The van der Waals surface area contributed by atoms with Crippen LogP contribution in [0.2, 0.25) is 0 Å². The van der Waals surface area contributed by atoms with Gasteiger partial charge >= 0.3 is 0 Å². The quantitative estimate of drug-likeness (QED) is 0.912. The predicted molar refractivity (Wildman–Crippen MR) is 99.6 cm³/mol. The lowest BCUT2D eigenvalue weighted by Gasteiger charge is -2.39. The lowest BCUT2D eigenvalue weighted by atomic mass is 9.89. The minimum absolute atomic E-state index is 0.383. The van der Waals surface area contributed by atoms with E-state index in [0.717, 1.165) is 55.5 Å². The largest absolute Gasteiger partial charge is 0.367 e. The maximum atomic E-state index is 13.3. The van der Waals surface area contributed by atoms with Gasteiger partial charge in [-0.25, -0.2) is 14.4 Å². The number of nitrogens with zero attached hydrogens (tertiary/aromatic N) is 4. The van der Waals surface area contributed by atoms with Crippen LogP contribution in [0.25, 0.3) is 10.9 Å². The van der Waals surface area contributed by atoms with Crippen molar-refractivity contribution in [1.82, 2.24) is 14.9 Å². The molecule has 0 radical (unpaired) electrons. The van der Waals surface area contributed by atoms with E-state index in [1.54, 1.807) is 12.4 Å². The molecule has 1 saturated carbocycles. The van der Waals surface area contributed by atoms with Crippen molar-refractivity contribution in [3.63, 3.8) is 0 Å². The van der Waals surface area contributed by atoms with Crippen LogP contribution in [0.4, 0.5) is 10.2 Å². The van der Waals surface area contributed by atoms with Gasteiger partial charge in [0.2, 0.25) is 0 Å². The van der Waals surface area contributed by atoms with Crippen molar-refractivity contribution in [3.8, 4) is 6.07 Å². The number of fused-ring (bicyclic) bond motifs is 1. The Hall–Kier alpha value is -2.26. The van der Waals surface area contributed by atoms with E-state index in [0.29, 0.717) is 30.5 Å². The van der Waals surface area contributed by atoms with Gasteiger partial charge in [-0.2, -0.15) is 5.26 Å². The Bertz CT molecular complexity index is 801. The Morgan fingerprint density at radius 3 is 2.58 bits per heavy atom. The molecule has 1 aliphatic carbocycles. The summed E-state index contributed by atoms with van der Waals surface area (Å²) in [4.78, 5) is 11.2. The summed E-state index contributed by atoms with van der Waals surface area (Å²) in [6, 6.07) is 8.65. The molecule has 2 fully saturated rings. The lowest BCUT2D eigenvalue weighted by Crippen LogP contribution is -2.45. The highest BCUT2D eigenvalue weighted by Crippen LogP contribution is 2.29. The third-order valence-electron chi connectivity index (χ3n) is 5.78. The summed E-state index contributed by atoms with van der Waals surface area (Å²) in [6.45, 7) is 1.80. The van der Waals surface area contributed by atoms with Gasteiger partial charge in [0.25, 0.3) is 0 Å². The number of nitriles is 1. The van der Waals surface area contributed by atoms with Gasteiger partial charge in [-0.15, -0.1) is 0 Å². The second-order valence-corrected chi connectivity index (χ2v) is 7.43. The predicted octanol–water partition coefficient (Wildman–Crippen LogP) is 3.66. The van der Waals surface area contributed by atoms with Gasteiger partial charge < -0.3 is 10.2 Å². The number of likely N-dealkylation sites (tertiary alicyclic amines) is 1. The zero-order valence-electron chi connectivity index (χ0n) is 14.9. The summed E-state index contributed by atoms with van der Waals surface area (Å²) in [7, 11) is 0. The van der Waals surface area contributed by atoms with Crippen LogP contribution in [0, 0.1) is 11.3 Å². The smallest absolute Gasteiger partial charge is 0.137 e. The number of benzene rings is 1. The molecule has 0 atom stereocenters. The number of aromatic nitrogens is 2.